The average molecular weight is 317 g/mol. The minimum Gasteiger partial charge on any atom is -0.338 e. The summed E-state index contributed by atoms with van der Waals surface area (Å²) < 4.78 is 22.6. The van der Waals surface area contributed by atoms with Crippen LogP contribution in [0.4, 0.5) is 4.79 Å². The predicted octanol–water partition coefficient (Wildman–Crippen LogP) is 0.595. The van der Waals surface area contributed by atoms with Crippen LogP contribution in [0.15, 0.2) is 0 Å². The van der Waals surface area contributed by atoms with E-state index >= 15 is 0 Å². The quantitative estimate of drug-likeness (QED) is 0.728. The van der Waals surface area contributed by atoms with Crippen molar-refractivity contribution < 1.29 is 13.2 Å². The lowest BCUT2D eigenvalue weighted by Crippen LogP contribution is -2.43. The molecule has 2 fully saturated rings. The molecule has 2 rings (SSSR count). The number of rotatable bonds is 5. The highest BCUT2D eigenvalue weighted by molar-refractivity contribution is 7.91. The lowest BCUT2D eigenvalue weighted by molar-refractivity contribution is 0.190. The van der Waals surface area contributed by atoms with Crippen LogP contribution in [0.1, 0.15) is 32.6 Å². The summed E-state index contributed by atoms with van der Waals surface area (Å²) in [5.74, 6) is 1.10. The summed E-state index contributed by atoms with van der Waals surface area (Å²) in [6, 6.07) is -0.469. The molecule has 0 aliphatic carbocycles. The maximum Gasteiger partial charge on any atom is 0.315 e. The van der Waals surface area contributed by atoms with Crippen LogP contribution in [0.3, 0.4) is 0 Å². The van der Waals surface area contributed by atoms with Gasteiger partial charge in [-0.1, -0.05) is 6.92 Å². The molecule has 2 amide bonds. The molecule has 2 heterocycles. The van der Waals surface area contributed by atoms with Crippen molar-refractivity contribution in [2.75, 3.05) is 37.7 Å². The minimum atomic E-state index is -2.93. The number of hydrogen-bond acceptors (Lipinski definition) is 4. The Hall–Kier alpha value is -0.820. The Balaban J connectivity index is 1.53. The molecule has 0 spiro atoms. The third kappa shape index (κ3) is 5.82. The first-order chi connectivity index (χ1) is 9.94. The van der Waals surface area contributed by atoms with E-state index in [1.807, 2.05) is 0 Å². The van der Waals surface area contributed by atoms with Crippen molar-refractivity contribution in [3.05, 3.63) is 0 Å². The molecule has 2 aliphatic heterocycles. The Morgan fingerprint density at radius 2 is 1.95 bits per heavy atom. The van der Waals surface area contributed by atoms with E-state index < -0.39 is 9.84 Å². The van der Waals surface area contributed by atoms with Gasteiger partial charge in [-0.25, -0.2) is 13.2 Å². The molecule has 122 valence electrons. The van der Waals surface area contributed by atoms with Crippen molar-refractivity contribution in [2.24, 2.45) is 5.92 Å². The molecule has 7 heteroatoms. The third-order valence-corrected chi connectivity index (χ3v) is 6.15. The van der Waals surface area contributed by atoms with Crippen LogP contribution in [0.2, 0.25) is 0 Å². The number of piperidine rings is 1. The zero-order valence-electron chi connectivity index (χ0n) is 12.8. The minimum absolute atomic E-state index is 0.0758. The van der Waals surface area contributed by atoms with E-state index in [1.165, 1.54) is 12.8 Å². The van der Waals surface area contributed by atoms with Gasteiger partial charge in [0.2, 0.25) is 0 Å². The third-order valence-electron chi connectivity index (χ3n) is 4.38. The second-order valence-corrected chi connectivity index (χ2v) is 8.61. The van der Waals surface area contributed by atoms with E-state index in [9.17, 15) is 13.2 Å². The van der Waals surface area contributed by atoms with Gasteiger partial charge in [0, 0.05) is 12.6 Å². The molecule has 6 nitrogen and oxygen atoms in total. The summed E-state index contributed by atoms with van der Waals surface area (Å²) in [5.41, 5.74) is 0. The van der Waals surface area contributed by atoms with Gasteiger partial charge < -0.3 is 15.5 Å². The molecule has 0 aromatic heterocycles. The summed E-state index contributed by atoms with van der Waals surface area (Å²) >= 11 is 0. The zero-order valence-corrected chi connectivity index (χ0v) is 13.6. The van der Waals surface area contributed by atoms with E-state index in [1.54, 1.807) is 0 Å². The number of hydrogen-bond donors (Lipinski definition) is 2. The standard InChI is InChI=1S/C14H27N3O3S/c1-12-3-8-17(9-4-12)7-2-6-15-14(18)16-13-5-10-21(19,20)11-13/h12-13H,2-11H2,1H3,(H2,15,16,18). The van der Waals surface area contributed by atoms with Gasteiger partial charge in [0.1, 0.15) is 0 Å². The molecule has 0 radical (unpaired) electrons. The fraction of sp³-hybridized carbons (Fsp3) is 0.929. The van der Waals surface area contributed by atoms with Crippen LogP contribution >= 0.6 is 0 Å². The van der Waals surface area contributed by atoms with Crippen LogP contribution < -0.4 is 10.6 Å². The number of nitrogens with zero attached hydrogens (tertiary/aromatic N) is 1. The SMILES string of the molecule is CC1CCN(CCCNC(=O)NC2CCS(=O)(=O)C2)CC1. The molecule has 0 bridgehead atoms. The number of carbonyl (C=O) groups is 1. The van der Waals surface area contributed by atoms with Gasteiger partial charge in [-0.05, 0) is 51.2 Å². The second kappa shape index (κ2) is 7.45. The number of amides is 2. The molecule has 2 N–H and O–H groups in total. The fourth-order valence-corrected chi connectivity index (χ4v) is 4.61. The molecule has 0 aromatic rings. The summed E-state index contributed by atoms with van der Waals surface area (Å²) in [6.07, 6.45) is 4.00. The Kier molecular flexibility index (Phi) is 5.87. The van der Waals surface area contributed by atoms with Gasteiger partial charge in [0.05, 0.1) is 11.5 Å². The second-order valence-electron chi connectivity index (χ2n) is 6.38. The smallest absolute Gasteiger partial charge is 0.315 e. The van der Waals surface area contributed by atoms with Crippen LogP contribution in [-0.4, -0.2) is 63.1 Å². The molecule has 0 aromatic carbocycles. The molecular weight excluding hydrogens is 290 g/mol. The molecule has 2 aliphatic rings. The van der Waals surface area contributed by atoms with Crippen molar-refractivity contribution in [1.29, 1.82) is 0 Å². The molecule has 21 heavy (non-hydrogen) atoms. The zero-order chi connectivity index (χ0) is 15.3. The van der Waals surface area contributed by atoms with Crippen LogP contribution in [0.25, 0.3) is 0 Å². The molecular formula is C14H27N3O3S. The number of nitrogens with one attached hydrogen (secondary N) is 2. The first kappa shape index (κ1) is 16.5. The fourth-order valence-electron chi connectivity index (χ4n) is 2.94. The van der Waals surface area contributed by atoms with E-state index in [2.05, 4.69) is 22.5 Å². The van der Waals surface area contributed by atoms with E-state index in [0.29, 0.717) is 13.0 Å². The van der Waals surface area contributed by atoms with Crippen LogP contribution in [-0.2, 0) is 9.84 Å². The number of sulfone groups is 1. The largest absolute Gasteiger partial charge is 0.338 e. The van der Waals surface area contributed by atoms with Crippen LogP contribution in [0, 0.1) is 5.92 Å². The lowest BCUT2D eigenvalue weighted by atomic mass is 9.99. The van der Waals surface area contributed by atoms with Crippen molar-refractivity contribution in [3.63, 3.8) is 0 Å². The van der Waals surface area contributed by atoms with Crippen molar-refractivity contribution in [2.45, 2.75) is 38.6 Å². The summed E-state index contributed by atoms with van der Waals surface area (Å²) in [6.45, 7) is 6.27. The Labute approximate surface area is 127 Å². The first-order valence-corrected chi connectivity index (χ1v) is 9.74. The van der Waals surface area contributed by atoms with Crippen molar-refractivity contribution in [3.8, 4) is 0 Å². The Morgan fingerprint density at radius 1 is 1.24 bits per heavy atom. The highest BCUT2D eigenvalue weighted by Crippen LogP contribution is 2.15. The van der Waals surface area contributed by atoms with Gasteiger partial charge in [-0.2, -0.15) is 0 Å². The van der Waals surface area contributed by atoms with Gasteiger partial charge >= 0.3 is 6.03 Å². The van der Waals surface area contributed by atoms with Crippen molar-refractivity contribution >= 4 is 15.9 Å². The summed E-state index contributed by atoms with van der Waals surface area (Å²) in [4.78, 5) is 14.1. The lowest BCUT2D eigenvalue weighted by Gasteiger charge is -2.30. The summed E-state index contributed by atoms with van der Waals surface area (Å²) in [5, 5.41) is 5.55. The van der Waals surface area contributed by atoms with E-state index in [0.717, 1.165) is 32.0 Å². The number of likely N-dealkylation sites (tertiary alicyclic amines) is 1. The first-order valence-electron chi connectivity index (χ1n) is 7.92. The summed E-state index contributed by atoms with van der Waals surface area (Å²) in [7, 11) is -2.93. The van der Waals surface area contributed by atoms with Gasteiger partial charge in [-0.15, -0.1) is 0 Å². The molecule has 2 saturated heterocycles. The highest BCUT2D eigenvalue weighted by Gasteiger charge is 2.28. The highest BCUT2D eigenvalue weighted by atomic mass is 32.2. The number of urea groups is 1. The normalized spacial score (nSPS) is 26.6. The molecule has 1 unspecified atom stereocenters. The van der Waals surface area contributed by atoms with Gasteiger partial charge in [0.15, 0.2) is 9.84 Å². The van der Waals surface area contributed by atoms with Gasteiger partial charge in [-0.3, -0.25) is 0 Å². The topological polar surface area (TPSA) is 78.5 Å². The van der Waals surface area contributed by atoms with E-state index in [-0.39, 0.29) is 23.6 Å². The van der Waals surface area contributed by atoms with Gasteiger partial charge in [0.25, 0.3) is 0 Å². The average Bonchev–Trinajstić information content (AvgIpc) is 2.76. The van der Waals surface area contributed by atoms with Crippen LogP contribution in [0.5, 0.6) is 0 Å². The van der Waals surface area contributed by atoms with E-state index in [4.69, 9.17) is 0 Å². The monoisotopic (exact) mass is 317 g/mol. The molecule has 0 saturated carbocycles. The Bertz CT molecular complexity index is 444. The van der Waals surface area contributed by atoms with Crippen molar-refractivity contribution in [1.82, 2.24) is 15.5 Å². The maximum atomic E-state index is 11.7. The predicted molar refractivity (Wildman–Crippen MR) is 83.0 cm³/mol. The number of carbonyl (C=O) groups excluding carboxylic acids is 1. The molecule has 1 atom stereocenters. The Morgan fingerprint density at radius 3 is 2.57 bits per heavy atom. The maximum absolute atomic E-state index is 11.7.